The molecule has 1 fully saturated rings. The summed E-state index contributed by atoms with van der Waals surface area (Å²) in [5, 5.41) is 5.26. The van der Waals surface area contributed by atoms with Crippen molar-refractivity contribution < 1.29 is 14.5 Å². The lowest BCUT2D eigenvalue weighted by atomic mass is 10.1. The zero-order chi connectivity index (χ0) is 16.2. The highest BCUT2D eigenvalue weighted by Gasteiger charge is 2.23. The molecule has 23 heavy (non-hydrogen) atoms. The highest BCUT2D eigenvalue weighted by atomic mass is 16.2. The molecule has 5 nitrogen and oxygen atoms in total. The van der Waals surface area contributed by atoms with E-state index in [1.54, 1.807) is 6.92 Å². The first-order valence-electron chi connectivity index (χ1n) is 7.99. The van der Waals surface area contributed by atoms with Crippen molar-refractivity contribution in [2.75, 3.05) is 38.0 Å². The van der Waals surface area contributed by atoms with Gasteiger partial charge in [-0.2, -0.15) is 0 Å². The van der Waals surface area contributed by atoms with Crippen LogP contribution in [0.5, 0.6) is 0 Å². The maximum absolute atomic E-state index is 12.2. The first-order valence-corrected chi connectivity index (χ1v) is 7.99. The largest absolute Gasteiger partial charge is 0.332 e. The topological polar surface area (TPSA) is 53.9 Å². The van der Waals surface area contributed by atoms with Gasteiger partial charge in [0.05, 0.1) is 26.2 Å². The summed E-state index contributed by atoms with van der Waals surface area (Å²) in [7, 11) is 0. The lowest BCUT2D eigenvalue weighted by Gasteiger charge is -2.31. The van der Waals surface area contributed by atoms with Crippen molar-refractivity contribution in [3.8, 4) is 0 Å². The van der Waals surface area contributed by atoms with Gasteiger partial charge in [0.1, 0.15) is 0 Å². The van der Waals surface area contributed by atoms with Crippen molar-refractivity contribution in [1.29, 1.82) is 0 Å². The lowest BCUT2D eigenvalue weighted by Crippen LogP contribution is -3.15. The quantitative estimate of drug-likeness (QED) is 0.868. The Morgan fingerprint density at radius 3 is 2.48 bits per heavy atom. The van der Waals surface area contributed by atoms with Gasteiger partial charge in [-0.15, -0.1) is 0 Å². The van der Waals surface area contributed by atoms with Gasteiger partial charge in [0, 0.05) is 12.6 Å². The number of rotatable bonds is 3. The van der Waals surface area contributed by atoms with Crippen LogP contribution in [0.25, 0.3) is 10.8 Å². The van der Waals surface area contributed by atoms with Crippen molar-refractivity contribution >= 4 is 28.3 Å². The van der Waals surface area contributed by atoms with Crippen LogP contribution in [0.2, 0.25) is 0 Å². The minimum Gasteiger partial charge on any atom is -0.332 e. The summed E-state index contributed by atoms with van der Waals surface area (Å²) in [6, 6.07) is 14.0. The second kappa shape index (κ2) is 6.79. The number of nitrogens with one attached hydrogen (secondary N) is 2. The van der Waals surface area contributed by atoms with E-state index in [0.29, 0.717) is 6.54 Å². The summed E-state index contributed by atoms with van der Waals surface area (Å²) in [6.45, 7) is 5.15. The van der Waals surface area contributed by atoms with Crippen LogP contribution in [-0.2, 0) is 9.59 Å². The first kappa shape index (κ1) is 15.5. The highest BCUT2D eigenvalue weighted by molar-refractivity contribution is 5.94. The van der Waals surface area contributed by atoms with Gasteiger partial charge in [0.15, 0.2) is 6.54 Å². The van der Waals surface area contributed by atoms with Crippen molar-refractivity contribution in [1.82, 2.24) is 4.90 Å². The molecule has 1 heterocycles. The molecule has 0 saturated carbocycles. The Balaban J connectivity index is 1.55. The Labute approximate surface area is 135 Å². The van der Waals surface area contributed by atoms with Crippen LogP contribution in [-0.4, -0.2) is 49.4 Å². The van der Waals surface area contributed by atoms with E-state index < -0.39 is 0 Å². The van der Waals surface area contributed by atoms with Crippen molar-refractivity contribution in [2.24, 2.45) is 0 Å². The molecular weight excluding hydrogens is 290 g/mol. The fourth-order valence-electron chi connectivity index (χ4n) is 3.01. The lowest BCUT2D eigenvalue weighted by molar-refractivity contribution is -0.895. The van der Waals surface area contributed by atoms with Gasteiger partial charge >= 0.3 is 0 Å². The first-order chi connectivity index (χ1) is 11.1. The van der Waals surface area contributed by atoms with Crippen molar-refractivity contribution in [3.63, 3.8) is 0 Å². The number of nitrogens with zero attached hydrogens (tertiary/aromatic N) is 1. The third-order valence-electron chi connectivity index (χ3n) is 4.36. The maximum Gasteiger partial charge on any atom is 0.279 e. The van der Waals surface area contributed by atoms with Crippen LogP contribution < -0.4 is 10.2 Å². The smallest absolute Gasteiger partial charge is 0.279 e. The Bertz CT molecular complexity index is 721. The van der Waals surface area contributed by atoms with Crippen molar-refractivity contribution in [3.05, 3.63) is 42.5 Å². The van der Waals surface area contributed by atoms with Crippen LogP contribution >= 0.6 is 0 Å². The third-order valence-corrected chi connectivity index (χ3v) is 4.36. The summed E-state index contributed by atoms with van der Waals surface area (Å²) < 4.78 is 0. The summed E-state index contributed by atoms with van der Waals surface area (Å²) in [4.78, 5) is 26.6. The minimum atomic E-state index is 0.0200. The fraction of sp³-hybridized carbons (Fsp3) is 0.333. The predicted molar refractivity (Wildman–Crippen MR) is 90.4 cm³/mol. The zero-order valence-corrected chi connectivity index (χ0v) is 13.3. The number of hydrogen-bond donors (Lipinski definition) is 2. The van der Waals surface area contributed by atoms with E-state index in [4.69, 9.17) is 0 Å². The number of benzene rings is 2. The molecule has 1 saturated heterocycles. The zero-order valence-electron chi connectivity index (χ0n) is 13.3. The van der Waals surface area contributed by atoms with Crippen LogP contribution in [0.4, 0.5) is 5.69 Å². The monoisotopic (exact) mass is 312 g/mol. The molecule has 2 aromatic rings. The van der Waals surface area contributed by atoms with Crippen molar-refractivity contribution in [2.45, 2.75) is 6.92 Å². The van der Waals surface area contributed by atoms with E-state index in [9.17, 15) is 9.59 Å². The van der Waals surface area contributed by atoms with E-state index >= 15 is 0 Å². The molecule has 2 aromatic carbocycles. The van der Waals surface area contributed by atoms with E-state index in [1.807, 2.05) is 41.3 Å². The molecule has 0 aromatic heterocycles. The van der Waals surface area contributed by atoms with E-state index in [0.717, 1.165) is 42.6 Å². The van der Waals surface area contributed by atoms with Gasteiger partial charge in [-0.05, 0) is 22.9 Å². The third kappa shape index (κ3) is 3.87. The molecule has 0 radical (unpaired) electrons. The minimum absolute atomic E-state index is 0.0200. The van der Waals surface area contributed by atoms with Gasteiger partial charge in [-0.1, -0.05) is 30.3 Å². The second-order valence-corrected chi connectivity index (χ2v) is 6.04. The van der Waals surface area contributed by atoms with Gasteiger partial charge < -0.3 is 15.1 Å². The number of quaternary nitrogens is 1. The number of hydrogen-bond acceptors (Lipinski definition) is 2. The number of fused-ring (bicyclic) bond motifs is 1. The number of amides is 2. The Morgan fingerprint density at radius 1 is 1.09 bits per heavy atom. The normalized spacial score (nSPS) is 15.6. The van der Waals surface area contributed by atoms with Gasteiger partial charge in [-0.25, -0.2) is 0 Å². The van der Waals surface area contributed by atoms with E-state index in [2.05, 4.69) is 11.4 Å². The van der Waals surface area contributed by atoms with Gasteiger partial charge in [0.2, 0.25) is 5.91 Å². The molecule has 0 spiro atoms. The highest BCUT2D eigenvalue weighted by Crippen LogP contribution is 2.18. The number of anilines is 1. The molecular formula is C18H22N3O2+. The van der Waals surface area contributed by atoms with Gasteiger partial charge in [-0.3, -0.25) is 9.59 Å². The average Bonchev–Trinajstić information content (AvgIpc) is 2.55. The van der Waals surface area contributed by atoms with E-state index in [-0.39, 0.29) is 11.8 Å². The summed E-state index contributed by atoms with van der Waals surface area (Å²) in [6.07, 6.45) is 0. The molecule has 3 rings (SSSR count). The molecule has 1 aliphatic rings. The summed E-state index contributed by atoms with van der Waals surface area (Å²) in [5.41, 5.74) is 0.829. The molecule has 0 bridgehead atoms. The SMILES string of the molecule is CC(=O)N1CC[NH+](CC(=O)Nc2ccc3ccccc3c2)CC1. The Kier molecular flexibility index (Phi) is 4.57. The van der Waals surface area contributed by atoms with Crippen LogP contribution in [0.1, 0.15) is 6.92 Å². The summed E-state index contributed by atoms with van der Waals surface area (Å²) in [5.74, 6) is 0.135. The maximum atomic E-state index is 12.2. The number of carbonyl (C=O) groups is 2. The Hall–Kier alpha value is -2.40. The number of piperazine rings is 1. The average molecular weight is 312 g/mol. The fourth-order valence-corrected chi connectivity index (χ4v) is 3.01. The molecule has 0 unspecified atom stereocenters. The Morgan fingerprint density at radius 2 is 1.78 bits per heavy atom. The molecule has 1 aliphatic heterocycles. The molecule has 0 aliphatic carbocycles. The molecule has 5 heteroatoms. The standard InChI is InChI=1S/C18H21N3O2/c1-14(22)21-10-8-20(9-11-21)13-18(23)19-17-7-6-15-4-2-3-5-16(15)12-17/h2-7,12H,8-11,13H2,1H3,(H,19,23)/p+1. The van der Waals surface area contributed by atoms with Crippen LogP contribution in [0.15, 0.2) is 42.5 Å². The molecule has 2 N–H and O–H groups in total. The molecule has 2 amide bonds. The predicted octanol–water partition coefficient (Wildman–Crippen LogP) is 0.525. The molecule has 0 atom stereocenters. The summed E-state index contributed by atoms with van der Waals surface area (Å²) >= 11 is 0. The molecule has 120 valence electrons. The number of carbonyl (C=O) groups excluding carboxylic acids is 2. The van der Waals surface area contributed by atoms with Gasteiger partial charge in [0.25, 0.3) is 5.91 Å². The second-order valence-electron chi connectivity index (χ2n) is 6.04. The van der Waals surface area contributed by atoms with Crippen LogP contribution in [0, 0.1) is 0 Å². The van der Waals surface area contributed by atoms with Crippen LogP contribution in [0.3, 0.4) is 0 Å². The van der Waals surface area contributed by atoms with E-state index in [1.165, 1.54) is 4.90 Å².